The van der Waals surface area contributed by atoms with Crippen LogP contribution in [-0.2, 0) is 11.4 Å². The zero-order valence-corrected chi connectivity index (χ0v) is 17.5. The number of ether oxygens (including phenoxy) is 2. The van der Waals surface area contributed by atoms with Gasteiger partial charge in [-0.25, -0.2) is 0 Å². The number of rotatable bonds is 9. The first kappa shape index (κ1) is 20.9. The summed E-state index contributed by atoms with van der Waals surface area (Å²) in [5, 5.41) is 14.7. The minimum absolute atomic E-state index is 0.0243. The summed E-state index contributed by atoms with van der Waals surface area (Å²) in [6.45, 7) is 4.21. The molecule has 7 nitrogen and oxygen atoms in total. The molecule has 0 fully saturated rings. The molecular formula is C19H21IN2O5. The van der Waals surface area contributed by atoms with Gasteiger partial charge in [0.2, 0.25) is 0 Å². The highest BCUT2D eigenvalue weighted by molar-refractivity contribution is 14.1. The summed E-state index contributed by atoms with van der Waals surface area (Å²) < 4.78 is 12.3. The lowest BCUT2D eigenvalue weighted by atomic mass is 10.2. The lowest BCUT2D eigenvalue weighted by Crippen LogP contribution is -2.11. The lowest BCUT2D eigenvalue weighted by molar-refractivity contribution is -0.384. The molecule has 0 bridgehead atoms. The van der Waals surface area contributed by atoms with Crippen molar-refractivity contribution in [3.63, 3.8) is 0 Å². The highest BCUT2D eigenvalue weighted by Gasteiger charge is 2.13. The van der Waals surface area contributed by atoms with Crippen LogP contribution in [0.3, 0.4) is 0 Å². The largest absolute Gasteiger partial charge is 0.493 e. The van der Waals surface area contributed by atoms with E-state index in [-0.39, 0.29) is 18.4 Å². The van der Waals surface area contributed by atoms with Crippen molar-refractivity contribution in [2.45, 2.75) is 33.0 Å². The Morgan fingerprint density at radius 1 is 1.33 bits per heavy atom. The second kappa shape index (κ2) is 10.1. The van der Waals surface area contributed by atoms with Crippen LogP contribution < -0.4 is 9.47 Å². The third-order valence-corrected chi connectivity index (χ3v) is 4.58. The molecule has 144 valence electrons. The molecule has 0 aromatic heterocycles. The summed E-state index contributed by atoms with van der Waals surface area (Å²) in [5.41, 5.74) is 1.49. The SMILES string of the molecule is CC[C@H](C)Oc1c(I)cc(/C=N\OCc2cccc([N+](=O)[O-])c2)cc1OC. The molecule has 0 spiro atoms. The van der Waals surface area contributed by atoms with Crippen LogP contribution in [0.25, 0.3) is 0 Å². The summed E-state index contributed by atoms with van der Waals surface area (Å²) >= 11 is 2.19. The van der Waals surface area contributed by atoms with Gasteiger partial charge in [-0.1, -0.05) is 24.2 Å². The molecule has 2 aromatic carbocycles. The van der Waals surface area contributed by atoms with Crippen molar-refractivity contribution in [2.75, 3.05) is 7.11 Å². The van der Waals surface area contributed by atoms with Gasteiger partial charge in [-0.05, 0) is 53.6 Å². The van der Waals surface area contributed by atoms with Crippen molar-refractivity contribution in [1.82, 2.24) is 0 Å². The molecule has 1 atom stereocenters. The van der Waals surface area contributed by atoms with Gasteiger partial charge in [-0.15, -0.1) is 0 Å². The Hall–Kier alpha value is -2.36. The predicted octanol–water partition coefficient (Wildman–Crippen LogP) is 4.94. The summed E-state index contributed by atoms with van der Waals surface area (Å²) in [6.07, 6.45) is 2.55. The van der Waals surface area contributed by atoms with E-state index in [4.69, 9.17) is 14.3 Å². The second-order valence-corrected chi connectivity index (χ2v) is 6.97. The maximum absolute atomic E-state index is 10.8. The molecule has 2 aromatic rings. The molecule has 27 heavy (non-hydrogen) atoms. The van der Waals surface area contributed by atoms with Gasteiger partial charge < -0.3 is 14.3 Å². The first-order valence-corrected chi connectivity index (χ1v) is 9.45. The molecule has 0 aliphatic rings. The van der Waals surface area contributed by atoms with Crippen molar-refractivity contribution >= 4 is 34.5 Å². The topological polar surface area (TPSA) is 83.2 Å². The maximum atomic E-state index is 10.8. The van der Waals surface area contributed by atoms with E-state index in [0.29, 0.717) is 17.1 Å². The van der Waals surface area contributed by atoms with Crippen LogP contribution >= 0.6 is 22.6 Å². The molecule has 2 rings (SSSR count). The monoisotopic (exact) mass is 484 g/mol. The van der Waals surface area contributed by atoms with Crippen molar-refractivity contribution in [3.05, 3.63) is 61.2 Å². The standard InChI is InChI=1S/C19H21IN2O5/c1-4-13(2)27-19-17(20)9-15(10-18(19)25-3)11-21-26-12-14-6-5-7-16(8-14)22(23)24/h5-11,13H,4,12H2,1-3H3/b21-11-/t13-/m0/s1. The molecule has 0 heterocycles. The Morgan fingerprint density at radius 3 is 2.78 bits per heavy atom. The molecule has 0 aliphatic carbocycles. The summed E-state index contributed by atoms with van der Waals surface area (Å²) in [6, 6.07) is 9.99. The lowest BCUT2D eigenvalue weighted by Gasteiger charge is -2.17. The fraction of sp³-hybridized carbons (Fsp3) is 0.316. The van der Waals surface area contributed by atoms with Crippen LogP contribution in [-0.4, -0.2) is 24.4 Å². The van der Waals surface area contributed by atoms with Crippen LogP contribution in [0.5, 0.6) is 11.5 Å². The zero-order valence-electron chi connectivity index (χ0n) is 15.3. The zero-order chi connectivity index (χ0) is 19.8. The number of halogens is 1. The van der Waals surface area contributed by atoms with Gasteiger partial charge in [0, 0.05) is 17.7 Å². The van der Waals surface area contributed by atoms with Crippen molar-refractivity contribution < 1.29 is 19.2 Å². The Balaban J connectivity index is 2.05. The quantitative estimate of drug-likeness (QED) is 0.218. The van der Waals surface area contributed by atoms with Crippen LogP contribution in [0.15, 0.2) is 41.6 Å². The van der Waals surface area contributed by atoms with E-state index < -0.39 is 4.92 Å². The first-order chi connectivity index (χ1) is 12.9. The Morgan fingerprint density at radius 2 is 2.11 bits per heavy atom. The second-order valence-electron chi connectivity index (χ2n) is 5.81. The van der Waals surface area contributed by atoms with Crippen LogP contribution in [0.4, 0.5) is 5.69 Å². The van der Waals surface area contributed by atoms with E-state index in [1.807, 2.05) is 19.1 Å². The smallest absolute Gasteiger partial charge is 0.269 e. The third kappa shape index (κ3) is 6.09. The van der Waals surface area contributed by atoms with Gasteiger partial charge in [-0.3, -0.25) is 10.1 Å². The van der Waals surface area contributed by atoms with E-state index in [9.17, 15) is 10.1 Å². The average Bonchev–Trinajstić information content (AvgIpc) is 2.66. The summed E-state index contributed by atoms with van der Waals surface area (Å²) in [4.78, 5) is 15.6. The van der Waals surface area contributed by atoms with E-state index in [1.54, 1.807) is 25.5 Å². The van der Waals surface area contributed by atoms with Gasteiger partial charge in [0.15, 0.2) is 11.5 Å². The molecule has 0 aliphatic heterocycles. The number of methoxy groups -OCH3 is 1. The number of benzene rings is 2. The fourth-order valence-corrected chi connectivity index (χ4v) is 2.94. The highest BCUT2D eigenvalue weighted by atomic mass is 127. The Bertz CT molecular complexity index is 826. The van der Waals surface area contributed by atoms with Gasteiger partial charge in [0.05, 0.1) is 27.9 Å². The highest BCUT2D eigenvalue weighted by Crippen LogP contribution is 2.34. The molecule has 0 radical (unpaired) electrons. The van der Waals surface area contributed by atoms with Gasteiger partial charge >= 0.3 is 0 Å². The number of nitro groups is 1. The molecule has 0 saturated heterocycles. The number of nitro benzene ring substituents is 1. The maximum Gasteiger partial charge on any atom is 0.269 e. The Labute approximate surface area is 171 Å². The molecule has 0 N–H and O–H groups in total. The minimum Gasteiger partial charge on any atom is -0.493 e. The van der Waals surface area contributed by atoms with Crippen molar-refractivity contribution in [2.24, 2.45) is 5.16 Å². The number of nitrogens with zero attached hydrogens (tertiary/aromatic N) is 2. The van der Waals surface area contributed by atoms with Gasteiger partial charge in [-0.2, -0.15) is 0 Å². The molecule has 8 heteroatoms. The first-order valence-electron chi connectivity index (χ1n) is 8.37. The van der Waals surface area contributed by atoms with Crippen molar-refractivity contribution in [1.29, 1.82) is 0 Å². The van der Waals surface area contributed by atoms with Gasteiger partial charge in [0.1, 0.15) is 6.61 Å². The average molecular weight is 484 g/mol. The Kier molecular flexibility index (Phi) is 7.83. The van der Waals surface area contributed by atoms with E-state index in [0.717, 1.165) is 15.6 Å². The molecular weight excluding hydrogens is 463 g/mol. The van der Waals surface area contributed by atoms with E-state index in [1.165, 1.54) is 12.1 Å². The number of hydrogen-bond donors (Lipinski definition) is 0. The van der Waals surface area contributed by atoms with E-state index in [2.05, 4.69) is 34.7 Å². The predicted molar refractivity (Wildman–Crippen MR) is 112 cm³/mol. The van der Waals surface area contributed by atoms with Gasteiger partial charge in [0.25, 0.3) is 5.69 Å². The van der Waals surface area contributed by atoms with Crippen LogP contribution in [0, 0.1) is 13.7 Å². The normalized spacial score (nSPS) is 12.0. The molecule has 0 amide bonds. The minimum atomic E-state index is -0.440. The van der Waals surface area contributed by atoms with Crippen molar-refractivity contribution in [3.8, 4) is 11.5 Å². The number of non-ortho nitro benzene ring substituents is 1. The fourth-order valence-electron chi connectivity index (χ4n) is 2.18. The third-order valence-electron chi connectivity index (χ3n) is 3.77. The number of hydrogen-bond acceptors (Lipinski definition) is 6. The summed E-state index contributed by atoms with van der Waals surface area (Å²) in [5.74, 6) is 1.34. The molecule has 0 saturated carbocycles. The number of oxime groups is 1. The van der Waals surface area contributed by atoms with Crippen LogP contribution in [0.1, 0.15) is 31.4 Å². The molecule has 0 unspecified atom stereocenters. The van der Waals surface area contributed by atoms with Crippen LogP contribution in [0.2, 0.25) is 0 Å². The summed E-state index contributed by atoms with van der Waals surface area (Å²) in [7, 11) is 1.59. The van der Waals surface area contributed by atoms with E-state index >= 15 is 0 Å².